The molecular weight excluding hydrogens is 422 g/mol. The highest BCUT2D eigenvalue weighted by molar-refractivity contribution is 8.02. The topological polar surface area (TPSA) is 79.0 Å². The summed E-state index contributed by atoms with van der Waals surface area (Å²) in [6.07, 6.45) is 9.36. The summed E-state index contributed by atoms with van der Waals surface area (Å²) in [6.45, 7) is 5.72. The summed E-state index contributed by atoms with van der Waals surface area (Å²) in [5.74, 6) is 0.635. The summed E-state index contributed by atoms with van der Waals surface area (Å²) in [7, 11) is 1.67. The fourth-order valence-corrected chi connectivity index (χ4v) is 4.99. The van der Waals surface area contributed by atoms with Crippen molar-refractivity contribution in [1.29, 1.82) is 0 Å². The number of carbonyl (C=O) groups excluding carboxylic acids is 1. The molecule has 0 spiro atoms. The number of ether oxygens (including phenoxy) is 1. The lowest BCUT2D eigenvalue weighted by Gasteiger charge is -2.46. The van der Waals surface area contributed by atoms with Crippen LogP contribution >= 0.6 is 11.8 Å². The van der Waals surface area contributed by atoms with Crippen molar-refractivity contribution in [3.05, 3.63) is 64.0 Å². The molecule has 0 unspecified atom stereocenters. The van der Waals surface area contributed by atoms with Gasteiger partial charge in [-0.2, -0.15) is 0 Å². The zero-order valence-electron chi connectivity index (χ0n) is 19.6. The number of aliphatic hydroxyl groups is 1. The SMILES string of the molecule is CCC/C=C1\C(C(N)=O)=CC(SC)=C(N2CCC(CO)(OC)CC2)N1c1ccccc1C. The summed E-state index contributed by atoms with van der Waals surface area (Å²) in [5, 5.41) is 9.90. The number of carbonyl (C=O) groups is 1. The number of anilines is 1. The van der Waals surface area contributed by atoms with Gasteiger partial charge in [-0.05, 0) is 50.1 Å². The molecule has 1 aromatic rings. The van der Waals surface area contributed by atoms with Crippen LogP contribution < -0.4 is 10.6 Å². The molecule has 0 aromatic heterocycles. The van der Waals surface area contributed by atoms with Crippen LogP contribution in [0.5, 0.6) is 0 Å². The number of primary amides is 1. The van der Waals surface area contributed by atoms with Gasteiger partial charge >= 0.3 is 0 Å². The zero-order chi connectivity index (χ0) is 23.3. The van der Waals surface area contributed by atoms with Gasteiger partial charge in [0.1, 0.15) is 5.82 Å². The lowest BCUT2D eigenvalue weighted by molar-refractivity contribution is -0.114. The molecule has 6 nitrogen and oxygen atoms in total. The molecule has 0 saturated carbocycles. The third-order valence-electron chi connectivity index (χ3n) is 6.39. The fourth-order valence-electron chi connectivity index (χ4n) is 4.35. The highest BCUT2D eigenvalue weighted by atomic mass is 32.2. The predicted octanol–water partition coefficient (Wildman–Crippen LogP) is 3.92. The van der Waals surface area contributed by atoms with Gasteiger partial charge in [-0.3, -0.25) is 9.69 Å². The van der Waals surface area contributed by atoms with Gasteiger partial charge < -0.3 is 20.5 Å². The molecule has 32 heavy (non-hydrogen) atoms. The maximum absolute atomic E-state index is 12.5. The number of methoxy groups -OCH3 is 1. The number of likely N-dealkylation sites (tertiary alicyclic amines) is 1. The molecule has 0 bridgehead atoms. The average molecular weight is 458 g/mol. The highest BCUT2D eigenvalue weighted by Gasteiger charge is 2.39. The van der Waals surface area contributed by atoms with E-state index < -0.39 is 11.5 Å². The number of rotatable bonds is 8. The van der Waals surface area contributed by atoms with Crippen LogP contribution in [0.25, 0.3) is 0 Å². The van der Waals surface area contributed by atoms with Gasteiger partial charge in [-0.1, -0.05) is 37.6 Å². The molecule has 7 heteroatoms. The van der Waals surface area contributed by atoms with E-state index in [0.717, 1.165) is 66.4 Å². The molecule has 1 aromatic carbocycles. The second kappa shape index (κ2) is 10.6. The number of piperidine rings is 1. The maximum atomic E-state index is 12.5. The minimum Gasteiger partial charge on any atom is -0.393 e. The van der Waals surface area contributed by atoms with E-state index in [-0.39, 0.29) is 6.61 Å². The second-order valence-corrected chi connectivity index (χ2v) is 9.19. The molecule has 3 rings (SSSR count). The van der Waals surface area contributed by atoms with Crippen LogP contribution in [-0.2, 0) is 9.53 Å². The number of nitrogens with two attached hydrogens (primary N) is 1. The zero-order valence-corrected chi connectivity index (χ0v) is 20.4. The molecule has 1 saturated heterocycles. The minimum absolute atomic E-state index is 0.0145. The smallest absolute Gasteiger partial charge is 0.250 e. The summed E-state index contributed by atoms with van der Waals surface area (Å²) in [6, 6.07) is 8.23. The first-order chi connectivity index (χ1) is 15.4. The number of allylic oxidation sites excluding steroid dienone is 2. The lowest BCUT2D eigenvalue weighted by atomic mass is 9.91. The fraction of sp³-hybridized carbons (Fsp3) is 0.480. The van der Waals surface area contributed by atoms with E-state index >= 15 is 0 Å². The highest BCUT2D eigenvalue weighted by Crippen LogP contribution is 2.42. The van der Waals surface area contributed by atoms with Crippen molar-refractivity contribution in [3.8, 4) is 0 Å². The molecule has 0 atom stereocenters. The first-order valence-electron chi connectivity index (χ1n) is 11.2. The molecule has 0 aliphatic carbocycles. The van der Waals surface area contributed by atoms with E-state index in [9.17, 15) is 9.90 Å². The van der Waals surface area contributed by atoms with E-state index in [4.69, 9.17) is 10.5 Å². The van der Waals surface area contributed by atoms with Crippen LogP contribution in [0.3, 0.4) is 0 Å². The normalized spacial score (nSPS) is 20.0. The molecule has 0 radical (unpaired) electrons. The van der Waals surface area contributed by atoms with E-state index in [1.54, 1.807) is 18.9 Å². The number of aryl methyl sites for hydroxylation is 1. The Morgan fingerprint density at radius 2 is 2.00 bits per heavy atom. The number of para-hydroxylation sites is 1. The Morgan fingerprint density at radius 3 is 2.53 bits per heavy atom. The Bertz CT molecular complexity index is 924. The maximum Gasteiger partial charge on any atom is 0.250 e. The number of hydrogen-bond donors (Lipinski definition) is 2. The number of unbranched alkanes of at least 4 members (excludes halogenated alkanes) is 1. The largest absolute Gasteiger partial charge is 0.393 e. The van der Waals surface area contributed by atoms with Crippen molar-refractivity contribution in [2.24, 2.45) is 5.73 Å². The molecule has 1 amide bonds. The number of nitrogens with zero attached hydrogens (tertiary/aromatic N) is 2. The van der Waals surface area contributed by atoms with Crippen molar-refractivity contribution in [2.45, 2.75) is 45.1 Å². The van der Waals surface area contributed by atoms with Gasteiger partial charge in [0.25, 0.3) is 5.91 Å². The molecular formula is C25H35N3O3S. The van der Waals surface area contributed by atoms with E-state index in [0.29, 0.717) is 5.57 Å². The van der Waals surface area contributed by atoms with Crippen molar-refractivity contribution >= 4 is 23.4 Å². The Hall–Kier alpha value is -2.22. The number of benzene rings is 1. The van der Waals surface area contributed by atoms with E-state index in [1.165, 1.54) is 0 Å². The average Bonchev–Trinajstić information content (AvgIpc) is 2.82. The van der Waals surface area contributed by atoms with Crippen molar-refractivity contribution < 1.29 is 14.6 Å². The van der Waals surface area contributed by atoms with Gasteiger partial charge in [0.05, 0.1) is 29.2 Å². The summed E-state index contributed by atoms with van der Waals surface area (Å²) in [5.41, 5.74) is 8.90. The van der Waals surface area contributed by atoms with Gasteiger partial charge in [-0.15, -0.1) is 11.8 Å². The van der Waals surface area contributed by atoms with E-state index in [2.05, 4.69) is 41.9 Å². The Morgan fingerprint density at radius 1 is 1.31 bits per heavy atom. The molecule has 2 heterocycles. The van der Waals surface area contributed by atoms with Crippen molar-refractivity contribution in [1.82, 2.24) is 4.90 Å². The first-order valence-corrected chi connectivity index (χ1v) is 12.4. The van der Waals surface area contributed by atoms with Gasteiger partial charge in [0.15, 0.2) is 0 Å². The Balaban J connectivity index is 2.17. The third-order valence-corrected chi connectivity index (χ3v) is 7.13. The van der Waals surface area contributed by atoms with Crippen molar-refractivity contribution in [3.63, 3.8) is 0 Å². The Labute approximate surface area is 195 Å². The molecule has 1 fully saturated rings. The summed E-state index contributed by atoms with van der Waals surface area (Å²) in [4.78, 5) is 18.0. The van der Waals surface area contributed by atoms with Crippen molar-refractivity contribution in [2.75, 3.05) is 38.0 Å². The van der Waals surface area contributed by atoms with Crippen LogP contribution in [0.2, 0.25) is 0 Å². The van der Waals surface area contributed by atoms with Crippen LogP contribution in [0, 0.1) is 6.92 Å². The number of aliphatic hydroxyl groups excluding tert-OH is 1. The quantitative estimate of drug-likeness (QED) is 0.616. The van der Waals surface area contributed by atoms with Crippen LogP contribution in [0.1, 0.15) is 38.2 Å². The molecule has 2 aliphatic rings. The van der Waals surface area contributed by atoms with E-state index in [1.807, 2.05) is 24.5 Å². The molecule has 174 valence electrons. The first kappa shape index (κ1) is 24.4. The summed E-state index contributed by atoms with van der Waals surface area (Å²) >= 11 is 1.61. The minimum atomic E-state index is -0.492. The monoisotopic (exact) mass is 457 g/mol. The Kier molecular flexibility index (Phi) is 8.09. The number of thioether (sulfide) groups is 1. The summed E-state index contributed by atoms with van der Waals surface area (Å²) < 4.78 is 5.67. The number of amides is 1. The predicted molar refractivity (Wildman–Crippen MR) is 132 cm³/mol. The number of hydrogen-bond acceptors (Lipinski definition) is 6. The van der Waals surface area contributed by atoms with Gasteiger partial charge in [0.2, 0.25) is 0 Å². The second-order valence-electron chi connectivity index (χ2n) is 8.35. The molecule has 2 aliphatic heterocycles. The van der Waals surface area contributed by atoms with Crippen LogP contribution in [0.15, 0.2) is 58.4 Å². The lowest BCUT2D eigenvalue weighted by Crippen LogP contribution is -2.50. The van der Waals surface area contributed by atoms with Gasteiger partial charge in [-0.25, -0.2) is 0 Å². The van der Waals surface area contributed by atoms with Crippen LogP contribution in [0.4, 0.5) is 5.69 Å². The standard InChI is InChI=1S/C25H35N3O3S/c1-5-6-10-21-19(23(26)30)16-22(32-4)24(28(21)20-11-8-7-9-18(20)2)27-14-12-25(17-29,31-3)13-15-27/h7-11,16,29H,5-6,12-15,17H2,1-4H3,(H2,26,30)/b21-10+. The van der Waals surface area contributed by atoms with Crippen LogP contribution in [-0.4, -0.2) is 54.6 Å². The third kappa shape index (κ3) is 4.75. The molecule has 3 N–H and O–H groups in total. The van der Waals surface area contributed by atoms with Gasteiger partial charge in [0, 0.05) is 25.1 Å².